The van der Waals surface area contributed by atoms with Crippen molar-refractivity contribution in [2.24, 2.45) is 0 Å². The Hall–Kier alpha value is -1.93. The Labute approximate surface area is 112 Å². The number of ether oxygens (including phenoxy) is 1. The van der Waals surface area contributed by atoms with E-state index < -0.39 is 5.82 Å². The van der Waals surface area contributed by atoms with Crippen LogP contribution in [-0.2, 0) is 16.1 Å². The minimum Gasteiger partial charge on any atom is -0.468 e. The van der Waals surface area contributed by atoms with Crippen molar-refractivity contribution in [2.75, 3.05) is 20.2 Å². The number of hydrogen-bond donors (Lipinski definition) is 0. The van der Waals surface area contributed by atoms with E-state index in [2.05, 4.69) is 4.74 Å². The zero-order chi connectivity index (χ0) is 14.3. The fourth-order valence-electron chi connectivity index (χ4n) is 1.81. The Kier molecular flexibility index (Phi) is 5.97. The number of carbonyl (C=O) groups excluding carboxylic acids is 1. The van der Waals surface area contributed by atoms with Gasteiger partial charge in [-0.3, -0.25) is 9.69 Å². The van der Waals surface area contributed by atoms with Crippen LogP contribution in [0.15, 0.2) is 18.2 Å². The summed E-state index contributed by atoms with van der Waals surface area (Å²) in [6, 6.07) is 6.50. The van der Waals surface area contributed by atoms with Crippen LogP contribution in [0.5, 0.6) is 0 Å². The molecule has 0 amide bonds. The number of esters is 1. The van der Waals surface area contributed by atoms with E-state index in [0.717, 1.165) is 6.42 Å². The van der Waals surface area contributed by atoms with Crippen molar-refractivity contribution < 1.29 is 13.9 Å². The van der Waals surface area contributed by atoms with Gasteiger partial charge in [-0.05, 0) is 19.0 Å². The van der Waals surface area contributed by atoms with E-state index in [9.17, 15) is 9.18 Å². The minimum atomic E-state index is -0.518. The highest BCUT2D eigenvalue weighted by Gasteiger charge is 2.14. The van der Waals surface area contributed by atoms with Crippen LogP contribution in [0, 0.1) is 17.1 Å². The average Bonchev–Trinajstić information content (AvgIpc) is 2.41. The summed E-state index contributed by atoms with van der Waals surface area (Å²) < 4.78 is 18.5. The Morgan fingerprint density at radius 3 is 2.84 bits per heavy atom. The molecule has 0 heterocycles. The first-order chi connectivity index (χ1) is 9.12. The van der Waals surface area contributed by atoms with Crippen LogP contribution in [0.4, 0.5) is 4.39 Å². The lowest BCUT2D eigenvalue weighted by molar-refractivity contribution is -0.142. The van der Waals surface area contributed by atoms with Gasteiger partial charge in [0.2, 0.25) is 0 Å². The quantitative estimate of drug-likeness (QED) is 0.738. The number of methoxy groups -OCH3 is 1. The molecule has 0 saturated heterocycles. The first kappa shape index (κ1) is 15.1. The normalized spacial score (nSPS) is 10.3. The molecule has 0 aliphatic rings. The minimum absolute atomic E-state index is 0.0204. The molecule has 0 saturated carbocycles. The largest absolute Gasteiger partial charge is 0.468 e. The molecule has 0 spiro atoms. The third kappa shape index (κ3) is 4.34. The molecule has 0 aliphatic carbocycles. The van der Waals surface area contributed by atoms with E-state index in [0.29, 0.717) is 12.1 Å². The molecule has 4 nitrogen and oxygen atoms in total. The summed E-state index contributed by atoms with van der Waals surface area (Å²) in [5.41, 5.74) is 0.434. The van der Waals surface area contributed by atoms with Gasteiger partial charge in [-0.1, -0.05) is 19.1 Å². The van der Waals surface area contributed by atoms with Gasteiger partial charge in [0.05, 0.1) is 19.2 Å². The summed E-state index contributed by atoms with van der Waals surface area (Å²) in [6.07, 6.45) is 0.844. The summed E-state index contributed by atoms with van der Waals surface area (Å²) in [6.45, 7) is 3.03. The number of benzene rings is 1. The molecule has 0 atom stereocenters. The Bertz CT molecular complexity index is 483. The lowest BCUT2D eigenvalue weighted by atomic mass is 10.1. The maximum Gasteiger partial charge on any atom is 0.319 e. The van der Waals surface area contributed by atoms with Crippen LogP contribution in [-0.4, -0.2) is 31.1 Å². The number of nitrogens with zero attached hydrogens (tertiary/aromatic N) is 2. The summed E-state index contributed by atoms with van der Waals surface area (Å²) in [5.74, 6) is -0.874. The van der Waals surface area contributed by atoms with Gasteiger partial charge in [0, 0.05) is 12.1 Å². The number of halogens is 1. The second kappa shape index (κ2) is 7.49. The predicted molar refractivity (Wildman–Crippen MR) is 68.7 cm³/mol. The van der Waals surface area contributed by atoms with Crippen molar-refractivity contribution in [1.29, 1.82) is 5.26 Å². The lowest BCUT2D eigenvalue weighted by Gasteiger charge is -2.20. The van der Waals surface area contributed by atoms with Crippen LogP contribution in [0.2, 0.25) is 0 Å². The predicted octanol–water partition coefficient (Wildman–Crippen LogP) is 2.08. The zero-order valence-electron chi connectivity index (χ0n) is 11.1. The molecule has 102 valence electrons. The Morgan fingerprint density at radius 2 is 2.26 bits per heavy atom. The monoisotopic (exact) mass is 264 g/mol. The highest BCUT2D eigenvalue weighted by molar-refractivity contribution is 5.71. The van der Waals surface area contributed by atoms with Crippen LogP contribution < -0.4 is 0 Å². The Morgan fingerprint density at radius 1 is 1.53 bits per heavy atom. The van der Waals surface area contributed by atoms with Gasteiger partial charge in [0.25, 0.3) is 0 Å². The van der Waals surface area contributed by atoms with E-state index in [4.69, 9.17) is 5.26 Å². The highest BCUT2D eigenvalue weighted by Crippen LogP contribution is 2.14. The van der Waals surface area contributed by atoms with Crippen LogP contribution >= 0.6 is 0 Å². The smallest absolute Gasteiger partial charge is 0.319 e. The van der Waals surface area contributed by atoms with E-state index in [1.807, 2.05) is 13.0 Å². The summed E-state index contributed by atoms with van der Waals surface area (Å²) in [7, 11) is 1.32. The molecule has 5 heteroatoms. The molecule has 0 aromatic heterocycles. The fraction of sp³-hybridized carbons (Fsp3) is 0.429. The van der Waals surface area contributed by atoms with Gasteiger partial charge < -0.3 is 4.74 Å². The lowest BCUT2D eigenvalue weighted by Crippen LogP contribution is -2.31. The number of carbonyl (C=O) groups is 1. The van der Waals surface area contributed by atoms with E-state index in [-0.39, 0.29) is 24.6 Å². The maximum atomic E-state index is 13.9. The highest BCUT2D eigenvalue weighted by atomic mass is 19.1. The first-order valence-corrected chi connectivity index (χ1v) is 6.09. The van der Waals surface area contributed by atoms with Gasteiger partial charge in [0.1, 0.15) is 11.9 Å². The molecule has 0 aliphatic heterocycles. The summed E-state index contributed by atoms with van der Waals surface area (Å²) >= 11 is 0. The van der Waals surface area contributed by atoms with Crippen molar-refractivity contribution in [2.45, 2.75) is 19.9 Å². The summed E-state index contributed by atoms with van der Waals surface area (Å²) in [4.78, 5) is 13.1. The first-order valence-electron chi connectivity index (χ1n) is 6.09. The van der Waals surface area contributed by atoms with Crippen molar-refractivity contribution >= 4 is 5.97 Å². The standard InChI is InChI=1S/C14H17FN2O2/c1-3-7-17(10-13(18)19-2)9-12-6-4-5-11(8-16)14(12)15/h4-6H,3,7,9-10H2,1-2H3. The average molecular weight is 264 g/mol. The van der Waals surface area contributed by atoms with Crippen LogP contribution in [0.3, 0.4) is 0 Å². The second-order valence-electron chi connectivity index (χ2n) is 4.18. The summed E-state index contributed by atoms with van der Waals surface area (Å²) in [5, 5.41) is 8.79. The van der Waals surface area contributed by atoms with Gasteiger partial charge in [-0.15, -0.1) is 0 Å². The molecule has 0 bridgehead atoms. The molecule has 1 aromatic carbocycles. The maximum absolute atomic E-state index is 13.9. The van der Waals surface area contributed by atoms with Crippen LogP contribution in [0.1, 0.15) is 24.5 Å². The third-order valence-electron chi connectivity index (χ3n) is 2.71. The molecular formula is C14H17FN2O2. The molecular weight excluding hydrogens is 247 g/mol. The van der Waals surface area contributed by atoms with Crippen molar-refractivity contribution in [3.63, 3.8) is 0 Å². The molecule has 0 fully saturated rings. The zero-order valence-corrected chi connectivity index (χ0v) is 11.1. The molecule has 1 rings (SSSR count). The number of nitriles is 1. The van der Waals surface area contributed by atoms with Gasteiger partial charge in [-0.2, -0.15) is 5.26 Å². The Balaban J connectivity index is 2.85. The van der Waals surface area contributed by atoms with Crippen molar-refractivity contribution in [3.05, 3.63) is 35.1 Å². The van der Waals surface area contributed by atoms with Gasteiger partial charge in [0.15, 0.2) is 0 Å². The topological polar surface area (TPSA) is 53.3 Å². The van der Waals surface area contributed by atoms with Gasteiger partial charge >= 0.3 is 5.97 Å². The number of rotatable bonds is 6. The molecule has 0 unspecified atom stereocenters. The fourth-order valence-corrected chi connectivity index (χ4v) is 1.81. The second-order valence-corrected chi connectivity index (χ2v) is 4.18. The molecule has 19 heavy (non-hydrogen) atoms. The van der Waals surface area contributed by atoms with E-state index in [1.165, 1.54) is 13.2 Å². The molecule has 0 N–H and O–H groups in total. The van der Waals surface area contributed by atoms with Crippen molar-refractivity contribution in [3.8, 4) is 6.07 Å². The SMILES string of the molecule is CCCN(CC(=O)OC)Cc1cccc(C#N)c1F. The third-order valence-corrected chi connectivity index (χ3v) is 2.71. The van der Waals surface area contributed by atoms with E-state index >= 15 is 0 Å². The molecule has 0 radical (unpaired) electrons. The van der Waals surface area contributed by atoms with Crippen molar-refractivity contribution in [1.82, 2.24) is 4.90 Å². The number of hydrogen-bond acceptors (Lipinski definition) is 4. The van der Waals surface area contributed by atoms with Crippen LogP contribution in [0.25, 0.3) is 0 Å². The van der Waals surface area contributed by atoms with E-state index in [1.54, 1.807) is 17.0 Å². The molecule has 1 aromatic rings. The van der Waals surface area contributed by atoms with Gasteiger partial charge in [-0.25, -0.2) is 4.39 Å².